The number of hydrogen-bond acceptors (Lipinski definition) is 4. The lowest BCUT2D eigenvalue weighted by Crippen LogP contribution is -2.22. The maximum Gasteiger partial charge on any atom is 0.324 e. The summed E-state index contributed by atoms with van der Waals surface area (Å²) in [5.74, 6) is 0.613. The fraction of sp³-hybridized carbons (Fsp3) is 0.286. The van der Waals surface area contributed by atoms with E-state index >= 15 is 0 Å². The van der Waals surface area contributed by atoms with Gasteiger partial charge in [-0.15, -0.1) is 0 Å². The lowest BCUT2D eigenvalue weighted by atomic mass is 9.87. The van der Waals surface area contributed by atoms with Gasteiger partial charge in [-0.2, -0.15) is 5.10 Å². The van der Waals surface area contributed by atoms with Crippen molar-refractivity contribution in [2.75, 3.05) is 10.6 Å². The highest BCUT2D eigenvalue weighted by Crippen LogP contribution is 2.30. The van der Waals surface area contributed by atoms with Crippen LogP contribution in [-0.4, -0.2) is 20.8 Å². The Hall–Kier alpha value is -3.19. The number of ether oxygens (including phenoxy) is 1. The highest BCUT2D eigenvalue weighted by atomic mass is 16.5. The molecule has 2 aromatic heterocycles. The van der Waals surface area contributed by atoms with E-state index in [1.807, 2.05) is 36.4 Å². The Bertz CT molecular complexity index is 988. The molecule has 0 radical (unpaired) electrons. The Morgan fingerprint density at radius 2 is 1.75 bits per heavy atom. The first kappa shape index (κ1) is 18.2. The Morgan fingerprint density at radius 1 is 1.04 bits per heavy atom. The summed E-state index contributed by atoms with van der Waals surface area (Å²) in [6, 6.07) is 11.2. The summed E-state index contributed by atoms with van der Waals surface area (Å²) in [6.07, 6.45) is 3.39. The van der Waals surface area contributed by atoms with Crippen molar-refractivity contribution in [2.45, 2.75) is 39.4 Å². The zero-order valence-electron chi connectivity index (χ0n) is 16.2. The minimum Gasteiger partial charge on any atom is -0.370 e. The van der Waals surface area contributed by atoms with Crippen molar-refractivity contribution in [2.24, 2.45) is 0 Å². The molecule has 28 heavy (non-hydrogen) atoms. The molecule has 3 aromatic rings. The number of benzene rings is 1. The Morgan fingerprint density at radius 3 is 2.43 bits per heavy atom. The Kier molecular flexibility index (Phi) is 4.60. The number of nitrogens with zero attached hydrogens (tertiary/aromatic N) is 3. The molecule has 1 aliphatic rings. The summed E-state index contributed by atoms with van der Waals surface area (Å²) < 4.78 is 7.19. The van der Waals surface area contributed by atoms with Gasteiger partial charge in [-0.1, -0.05) is 32.9 Å². The third kappa shape index (κ3) is 3.61. The quantitative estimate of drug-likeness (QED) is 0.715. The Balaban J connectivity index is 1.55. The van der Waals surface area contributed by atoms with Gasteiger partial charge in [0.2, 0.25) is 0 Å². The molecule has 3 heterocycles. The molecule has 144 valence electrons. The summed E-state index contributed by atoms with van der Waals surface area (Å²) in [7, 11) is 0. The Labute approximate surface area is 163 Å². The number of rotatable bonds is 3. The van der Waals surface area contributed by atoms with Gasteiger partial charge in [0, 0.05) is 23.6 Å². The molecule has 7 heteroatoms. The maximum absolute atomic E-state index is 12.6. The van der Waals surface area contributed by atoms with Crippen LogP contribution in [0, 0.1) is 0 Å². The van der Waals surface area contributed by atoms with E-state index in [0.29, 0.717) is 19.0 Å². The number of anilines is 2. The number of aromatic nitrogens is 3. The number of urea groups is 1. The van der Waals surface area contributed by atoms with Crippen molar-refractivity contribution >= 4 is 17.5 Å². The minimum absolute atomic E-state index is 0.0678. The van der Waals surface area contributed by atoms with Crippen molar-refractivity contribution in [1.82, 2.24) is 14.8 Å². The van der Waals surface area contributed by atoms with E-state index in [1.165, 1.54) is 5.56 Å². The minimum atomic E-state index is -0.326. The van der Waals surface area contributed by atoms with E-state index in [-0.39, 0.29) is 11.4 Å². The topological polar surface area (TPSA) is 81.1 Å². The van der Waals surface area contributed by atoms with Crippen LogP contribution in [0.25, 0.3) is 5.69 Å². The molecule has 0 atom stereocenters. The van der Waals surface area contributed by atoms with Crippen LogP contribution < -0.4 is 10.6 Å². The van der Waals surface area contributed by atoms with Gasteiger partial charge in [-0.3, -0.25) is 10.3 Å². The lowest BCUT2D eigenvalue weighted by Gasteiger charge is -2.19. The van der Waals surface area contributed by atoms with Crippen molar-refractivity contribution in [3.8, 4) is 5.69 Å². The zero-order chi connectivity index (χ0) is 19.7. The van der Waals surface area contributed by atoms with E-state index in [1.54, 1.807) is 17.1 Å². The van der Waals surface area contributed by atoms with Crippen LogP contribution >= 0.6 is 0 Å². The van der Waals surface area contributed by atoms with Gasteiger partial charge in [0.25, 0.3) is 0 Å². The van der Waals surface area contributed by atoms with Crippen LogP contribution in [0.2, 0.25) is 0 Å². The van der Waals surface area contributed by atoms with Gasteiger partial charge in [-0.05, 0) is 35.2 Å². The first-order valence-corrected chi connectivity index (χ1v) is 9.19. The number of pyridine rings is 1. The van der Waals surface area contributed by atoms with E-state index < -0.39 is 0 Å². The van der Waals surface area contributed by atoms with Crippen LogP contribution in [0.1, 0.15) is 37.6 Å². The van der Waals surface area contributed by atoms with Gasteiger partial charge >= 0.3 is 6.03 Å². The lowest BCUT2D eigenvalue weighted by molar-refractivity contribution is 0.131. The van der Waals surface area contributed by atoms with E-state index in [2.05, 4.69) is 41.5 Å². The molecule has 7 nitrogen and oxygen atoms in total. The van der Waals surface area contributed by atoms with Crippen LogP contribution in [-0.2, 0) is 23.4 Å². The largest absolute Gasteiger partial charge is 0.370 e. The van der Waals surface area contributed by atoms with Crippen LogP contribution in [0.5, 0.6) is 0 Å². The zero-order valence-corrected chi connectivity index (χ0v) is 16.2. The molecular weight excluding hydrogens is 354 g/mol. The van der Waals surface area contributed by atoms with E-state index in [9.17, 15) is 4.79 Å². The van der Waals surface area contributed by atoms with Gasteiger partial charge in [0.05, 0.1) is 24.6 Å². The molecule has 1 aliphatic heterocycles. The van der Waals surface area contributed by atoms with Gasteiger partial charge < -0.3 is 10.1 Å². The molecule has 0 unspecified atom stereocenters. The van der Waals surface area contributed by atoms with E-state index in [0.717, 1.165) is 22.6 Å². The second kappa shape index (κ2) is 7.09. The number of amides is 2. The van der Waals surface area contributed by atoms with Gasteiger partial charge in [0.15, 0.2) is 0 Å². The highest BCUT2D eigenvalue weighted by molar-refractivity contribution is 6.00. The van der Waals surface area contributed by atoms with Crippen LogP contribution in [0.15, 0.2) is 48.8 Å². The number of carbonyl (C=O) groups is 1. The number of fused-ring (bicyclic) bond motifs is 1. The SMILES string of the molecule is CC(C)(C)c1ccc(NC(=O)Nc2c3c(nn2-c2ccncc2)COC3)cc1. The molecule has 0 saturated carbocycles. The fourth-order valence-electron chi connectivity index (χ4n) is 3.14. The second-order valence-corrected chi connectivity index (χ2v) is 7.79. The molecule has 1 aromatic carbocycles. The predicted octanol–water partition coefficient (Wildman–Crippen LogP) is 4.24. The van der Waals surface area contributed by atoms with Crippen molar-refractivity contribution in [3.05, 3.63) is 65.6 Å². The summed E-state index contributed by atoms with van der Waals surface area (Å²) >= 11 is 0. The number of nitrogens with one attached hydrogen (secondary N) is 2. The fourth-order valence-corrected chi connectivity index (χ4v) is 3.14. The smallest absolute Gasteiger partial charge is 0.324 e. The summed E-state index contributed by atoms with van der Waals surface area (Å²) in [4.78, 5) is 16.7. The third-order valence-electron chi connectivity index (χ3n) is 4.70. The molecule has 0 saturated heterocycles. The van der Waals surface area contributed by atoms with Crippen LogP contribution in [0.3, 0.4) is 0 Å². The highest BCUT2D eigenvalue weighted by Gasteiger charge is 2.25. The summed E-state index contributed by atoms with van der Waals surface area (Å²) in [5, 5.41) is 10.4. The molecule has 0 bridgehead atoms. The maximum atomic E-state index is 12.6. The predicted molar refractivity (Wildman–Crippen MR) is 108 cm³/mol. The first-order valence-electron chi connectivity index (χ1n) is 9.19. The molecule has 2 amide bonds. The molecule has 0 spiro atoms. The average molecular weight is 377 g/mol. The molecule has 4 rings (SSSR count). The number of carbonyl (C=O) groups excluding carboxylic acids is 1. The summed E-state index contributed by atoms with van der Waals surface area (Å²) in [6.45, 7) is 7.34. The monoisotopic (exact) mass is 377 g/mol. The standard InChI is InChI=1S/C21H23N5O2/c1-21(2,3)14-4-6-15(7-5-14)23-20(27)24-19-17-12-28-13-18(17)25-26(19)16-8-10-22-11-9-16/h4-11H,12-13H2,1-3H3,(H2,23,24,27). The second-order valence-electron chi connectivity index (χ2n) is 7.79. The first-order chi connectivity index (χ1) is 13.4. The van der Waals surface area contributed by atoms with Gasteiger partial charge in [-0.25, -0.2) is 9.48 Å². The normalized spacial score (nSPS) is 13.2. The molecule has 0 aliphatic carbocycles. The summed E-state index contributed by atoms with van der Waals surface area (Å²) in [5.41, 5.74) is 4.57. The van der Waals surface area contributed by atoms with Gasteiger partial charge in [0.1, 0.15) is 5.82 Å². The van der Waals surface area contributed by atoms with Crippen LogP contribution in [0.4, 0.5) is 16.3 Å². The third-order valence-corrected chi connectivity index (χ3v) is 4.70. The van der Waals surface area contributed by atoms with Crippen molar-refractivity contribution in [3.63, 3.8) is 0 Å². The number of hydrogen-bond donors (Lipinski definition) is 2. The van der Waals surface area contributed by atoms with Crippen molar-refractivity contribution < 1.29 is 9.53 Å². The average Bonchev–Trinajstić information content (AvgIpc) is 3.25. The molecular formula is C21H23N5O2. The molecule has 2 N–H and O–H groups in total. The van der Waals surface area contributed by atoms with E-state index in [4.69, 9.17) is 4.74 Å². The van der Waals surface area contributed by atoms with Crippen molar-refractivity contribution in [1.29, 1.82) is 0 Å². The molecule has 0 fully saturated rings.